The van der Waals surface area contributed by atoms with E-state index in [1.54, 1.807) is 29.1 Å². The van der Waals surface area contributed by atoms with Crippen LogP contribution < -0.4 is 5.69 Å². The molecule has 0 spiro atoms. The first-order chi connectivity index (χ1) is 15.1. The summed E-state index contributed by atoms with van der Waals surface area (Å²) in [5, 5.41) is 0. The molecule has 4 heterocycles. The van der Waals surface area contributed by atoms with E-state index < -0.39 is 10.0 Å². The first kappa shape index (κ1) is 20.4. The predicted octanol–water partition coefficient (Wildman–Crippen LogP) is 2.81. The first-order valence-electron chi connectivity index (χ1n) is 11.0. The molecule has 0 radical (unpaired) electrons. The molecule has 1 aliphatic carbocycles. The highest BCUT2D eigenvalue weighted by atomic mass is 32.2. The van der Waals surface area contributed by atoms with Gasteiger partial charge < -0.3 is 0 Å². The average molecular weight is 442 g/mol. The fourth-order valence-electron chi connectivity index (χ4n) is 5.03. The van der Waals surface area contributed by atoms with Gasteiger partial charge in [0.25, 0.3) is 0 Å². The summed E-state index contributed by atoms with van der Waals surface area (Å²) in [4.78, 5) is 22.1. The second-order valence-electron chi connectivity index (χ2n) is 8.61. The molecule has 31 heavy (non-hydrogen) atoms. The van der Waals surface area contributed by atoms with E-state index in [0.717, 1.165) is 18.4 Å². The van der Waals surface area contributed by atoms with Gasteiger partial charge >= 0.3 is 5.69 Å². The van der Waals surface area contributed by atoms with Crippen molar-refractivity contribution in [1.29, 1.82) is 0 Å². The van der Waals surface area contributed by atoms with E-state index in [4.69, 9.17) is 0 Å². The van der Waals surface area contributed by atoms with E-state index in [2.05, 4.69) is 9.97 Å². The molecule has 3 aromatic rings. The first-order valence-corrected chi connectivity index (χ1v) is 12.5. The maximum absolute atomic E-state index is 13.5. The Morgan fingerprint density at radius 1 is 1.03 bits per heavy atom. The summed E-state index contributed by atoms with van der Waals surface area (Å²) >= 11 is 0. The van der Waals surface area contributed by atoms with Crippen LogP contribution in [-0.2, 0) is 16.6 Å². The molecule has 1 saturated carbocycles. The monoisotopic (exact) mass is 441 g/mol. The van der Waals surface area contributed by atoms with Gasteiger partial charge in [0.2, 0.25) is 10.0 Å². The lowest BCUT2D eigenvalue weighted by molar-refractivity contribution is 0.317. The molecule has 5 rings (SSSR count). The molecular weight excluding hydrogens is 414 g/mol. The smallest absolute Gasteiger partial charge is 0.290 e. The third-order valence-corrected chi connectivity index (χ3v) is 8.50. The second kappa shape index (κ2) is 8.20. The second-order valence-corrected chi connectivity index (χ2v) is 10.5. The quantitative estimate of drug-likeness (QED) is 0.607. The lowest BCUT2D eigenvalue weighted by Gasteiger charge is -2.21. The van der Waals surface area contributed by atoms with E-state index in [1.165, 1.54) is 29.8 Å². The number of imidazole rings is 1. The molecule has 3 aromatic heterocycles. The molecule has 1 atom stereocenters. The van der Waals surface area contributed by atoms with E-state index in [1.807, 2.05) is 16.7 Å². The minimum atomic E-state index is -3.63. The molecular formula is C22H27N5O3S. The summed E-state index contributed by atoms with van der Waals surface area (Å²) in [6.45, 7) is 1.34. The Hall–Kier alpha value is -2.52. The average Bonchev–Trinajstić information content (AvgIpc) is 3.39. The van der Waals surface area contributed by atoms with Crippen LogP contribution >= 0.6 is 0 Å². The number of pyridine rings is 2. The van der Waals surface area contributed by atoms with Gasteiger partial charge in [-0.05, 0) is 49.4 Å². The van der Waals surface area contributed by atoms with Crippen LogP contribution in [0.15, 0.2) is 52.5 Å². The van der Waals surface area contributed by atoms with Crippen molar-refractivity contribution in [3.63, 3.8) is 0 Å². The van der Waals surface area contributed by atoms with E-state index >= 15 is 0 Å². The van der Waals surface area contributed by atoms with Crippen LogP contribution in [0.2, 0.25) is 0 Å². The molecule has 1 unspecified atom stereocenters. The Morgan fingerprint density at radius 2 is 1.84 bits per heavy atom. The minimum absolute atomic E-state index is 0.0788. The number of rotatable bonds is 5. The van der Waals surface area contributed by atoms with Gasteiger partial charge in [-0.3, -0.25) is 14.1 Å². The van der Waals surface area contributed by atoms with Crippen molar-refractivity contribution in [2.45, 2.75) is 56.0 Å². The molecule has 0 aromatic carbocycles. The summed E-state index contributed by atoms with van der Waals surface area (Å²) in [6, 6.07) is 6.75. The fraction of sp³-hybridized carbons (Fsp3) is 0.500. The Labute approximate surface area is 181 Å². The van der Waals surface area contributed by atoms with Gasteiger partial charge in [0.1, 0.15) is 4.90 Å². The Kier molecular flexibility index (Phi) is 5.39. The number of hydrogen-bond acceptors (Lipinski definition) is 5. The topological polar surface area (TPSA) is 90.1 Å². The van der Waals surface area contributed by atoms with Gasteiger partial charge in [0.05, 0.1) is 11.6 Å². The molecule has 2 fully saturated rings. The number of aromatic nitrogens is 4. The minimum Gasteiger partial charge on any atom is -0.290 e. The highest BCUT2D eigenvalue weighted by Crippen LogP contribution is 2.30. The zero-order valence-corrected chi connectivity index (χ0v) is 18.2. The molecule has 164 valence electrons. The Morgan fingerprint density at radius 3 is 2.61 bits per heavy atom. The van der Waals surface area contributed by atoms with Crippen molar-refractivity contribution >= 4 is 21.2 Å². The van der Waals surface area contributed by atoms with E-state index in [9.17, 15) is 13.2 Å². The molecule has 0 amide bonds. The Balaban J connectivity index is 1.47. The van der Waals surface area contributed by atoms with Gasteiger partial charge in [-0.15, -0.1) is 0 Å². The number of hydrogen-bond donors (Lipinski definition) is 0. The maximum Gasteiger partial charge on any atom is 0.330 e. The summed E-state index contributed by atoms with van der Waals surface area (Å²) in [5.41, 5.74) is 1.41. The van der Waals surface area contributed by atoms with Crippen LogP contribution in [0.5, 0.6) is 0 Å². The summed E-state index contributed by atoms with van der Waals surface area (Å²) in [5.74, 6) is 0.511. The van der Waals surface area contributed by atoms with Gasteiger partial charge in [0.15, 0.2) is 5.65 Å². The van der Waals surface area contributed by atoms with Crippen LogP contribution in [0.25, 0.3) is 11.2 Å². The lowest BCUT2D eigenvalue weighted by atomic mass is 9.89. The normalized spacial score (nSPS) is 21.1. The maximum atomic E-state index is 13.5. The third-order valence-electron chi connectivity index (χ3n) is 6.65. The molecule has 1 saturated heterocycles. The van der Waals surface area contributed by atoms with Crippen LogP contribution in [0.1, 0.15) is 44.6 Å². The van der Waals surface area contributed by atoms with Crippen molar-refractivity contribution in [3.8, 4) is 0 Å². The van der Waals surface area contributed by atoms with Crippen molar-refractivity contribution in [1.82, 2.24) is 23.4 Å². The van der Waals surface area contributed by atoms with Crippen LogP contribution in [0.4, 0.5) is 0 Å². The summed E-state index contributed by atoms with van der Waals surface area (Å²) < 4.78 is 31.0. The summed E-state index contributed by atoms with van der Waals surface area (Å²) in [6.07, 6.45) is 11.2. The third kappa shape index (κ3) is 3.70. The van der Waals surface area contributed by atoms with Crippen LogP contribution in [-0.4, -0.2) is 44.9 Å². The lowest BCUT2D eigenvalue weighted by Crippen LogP contribution is -2.33. The molecule has 1 aliphatic heterocycles. The van der Waals surface area contributed by atoms with Crippen molar-refractivity contribution < 1.29 is 8.42 Å². The Bertz CT molecular complexity index is 1230. The SMILES string of the molecule is O=c1n(CC2CCCCC2)c2cccnc2n1C1CCN(S(=O)(=O)c2cccnc2)C1. The number of sulfonamides is 1. The van der Waals surface area contributed by atoms with Crippen molar-refractivity contribution in [3.05, 3.63) is 53.3 Å². The molecule has 8 nitrogen and oxygen atoms in total. The van der Waals surface area contributed by atoms with Gasteiger partial charge in [0, 0.05) is 38.2 Å². The molecule has 2 aliphatic rings. The van der Waals surface area contributed by atoms with Crippen molar-refractivity contribution in [2.75, 3.05) is 13.1 Å². The van der Waals surface area contributed by atoms with Gasteiger partial charge in [-0.1, -0.05) is 19.3 Å². The molecule has 9 heteroatoms. The van der Waals surface area contributed by atoms with Crippen LogP contribution in [0, 0.1) is 5.92 Å². The highest BCUT2D eigenvalue weighted by molar-refractivity contribution is 7.89. The fourth-order valence-corrected chi connectivity index (χ4v) is 6.49. The number of nitrogens with zero attached hydrogens (tertiary/aromatic N) is 5. The zero-order valence-electron chi connectivity index (χ0n) is 17.4. The largest absolute Gasteiger partial charge is 0.330 e. The zero-order chi connectivity index (χ0) is 21.4. The summed E-state index contributed by atoms with van der Waals surface area (Å²) in [7, 11) is -3.63. The molecule has 0 bridgehead atoms. The highest BCUT2D eigenvalue weighted by Gasteiger charge is 2.35. The molecule has 0 N–H and O–H groups in total. The number of fused-ring (bicyclic) bond motifs is 1. The van der Waals surface area contributed by atoms with E-state index in [-0.39, 0.29) is 23.2 Å². The standard InChI is InChI=1S/C22H27N5O3S/c28-22-26(15-17-6-2-1-3-7-17)20-9-5-12-24-21(20)27(22)18-10-13-25(16-18)31(29,30)19-8-4-11-23-14-19/h4-5,8-9,11-12,14,17-18H,1-3,6-7,10,13,15-16H2. The van der Waals surface area contributed by atoms with Crippen molar-refractivity contribution in [2.24, 2.45) is 5.92 Å². The van der Waals surface area contributed by atoms with Gasteiger partial charge in [-0.2, -0.15) is 4.31 Å². The van der Waals surface area contributed by atoms with Gasteiger partial charge in [-0.25, -0.2) is 18.2 Å². The predicted molar refractivity (Wildman–Crippen MR) is 117 cm³/mol. The van der Waals surface area contributed by atoms with Crippen LogP contribution in [0.3, 0.4) is 0 Å². The van der Waals surface area contributed by atoms with E-state index in [0.29, 0.717) is 31.1 Å².